The van der Waals surface area contributed by atoms with Crippen molar-refractivity contribution in [3.8, 4) is 11.4 Å². The van der Waals surface area contributed by atoms with E-state index in [9.17, 15) is 0 Å². The highest BCUT2D eigenvalue weighted by Crippen LogP contribution is 2.23. The zero-order valence-corrected chi connectivity index (χ0v) is 16.4. The van der Waals surface area contributed by atoms with Crippen LogP contribution in [0.5, 0.6) is 0 Å². The second-order valence-corrected chi connectivity index (χ2v) is 7.54. The van der Waals surface area contributed by atoms with E-state index in [1.54, 1.807) is 23.7 Å². The first-order valence-corrected chi connectivity index (χ1v) is 9.75. The number of rotatable bonds is 7. The van der Waals surface area contributed by atoms with Gasteiger partial charge in [-0.1, -0.05) is 35.0 Å². The zero-order valence-electron chi connectivity index (χ0n) is 15.6. The number of thiazole rings is 1. The van der Waals surface area contributed by atoms with Gasteiger partial charge in [0.2, 0.25) is 11.7 Å². The van der Waals surface area contributed by atoms with E-state index in [0.717, 1.165) is 21.3 Å². The molecular weight excluding hydrogens is 372 g/mol. The molecule has 3 aromatic heterocycles. The summed E-state index contributed by atoms with van der Waals surface area (Å²) < 4.78 is 5.43. The molecule has 1 atom stereocenters. The zero-order chi connectivity index (χ0) is 19.3. The number of nitrogens with zero attached hydrogens (tertiary/aromatic N) is 4. The van der Waals surface area contributed by atoms with E-state index >= 15 is 0 Å². The first-order valence-electron chi connectivity index (χ1n) is 8.93. The van der Waals surface area contributed by atoms with Gasteiger partial charge in [-0.3, -0.25) is 4.98 Å². The Morgan fingerprint density at radius 1 is 1.14 bits per heavy atom. The minimum Gasteiger partial charge on any atom is -0.337 e. The van der Waals surface area contributed by atoms with E-state index in [1.807, 2.05) is 49.5 Å². The molecule has 8 heteroatoms. The number of hydrogen-bond donors (Lipinski definition) is 2. The lowest BCUT2D eigenvalue weighted by Crippen LogP contribution is -2.17. The molecule has 0 spiro atoms. The van der Waals surface area contributed by atoms with Crippen molar-refractivity contribution >= 4 is 22.2 Å². The van der Waals surface area contributed by atoms with Crippen LogP contribution in [-0.4, -0.2) is 20.1 Å². The molecule has 1 aromatic carbocycles. The summed E-state index contributed by atoms with van der Waals surface area (Å²) in [6.45, 7) is 4.71. The van der Waals surface area contributed by atoms with Gasteiger partial charge in [-0.05, 0) is 26.0 Å². The summed E-state index contributed by atoms with van der Waals surface area (Å²) in [4.78, 5) is 14.1. The number of anilines is 2. The molecule has 0 aliphatic carbocycles. The van der Waals surface area contributed by atoms with E-state index in [2.05, 4.69) is 37.7 Å². The van der Waals surface area contributed by atoms with Gasteiger partial charge in [-0.25, -0.2) is 4.98 Å². The molecule has 4 rings (SSSR count). The average molecular weight is 392 g/mol. The van der Waals surface area contributed by atoms with Crippen LogP contribution in [0.1, 0.15) is 29.3 Å². The monoisotopic (exact) mass is 392 g/mol. The lowest BCUT2D eigenvalue weighted by molar-refractivity contribution is 0.339. The van der Waals surface area contributed by atoms with Gasteiger partial charge in [-0.2, -0.15) is 4.98 Å². The van der Waals surface area contributed by atoms with E-state index in [0.29, 0.717) is 18.3 Å². The summed E-state index contributed by atoms with van der Waals surface area (Å²) in [6, 6.07) is 11.8. The maximum absolute atomic E-state index is 5.43. The molecule has 0 unspecified atom stereocenters. The van der Waals surface area contributed by atoms with Gasteiger partial charge in [0.05, 0.1) is 17.9 Å². The normalized spacial score (nSPS) is 12.1. The lowest BCUT2D eigenvalue weighted by Gasteiger charge is -2.07. The van der Waals surface area contributed by atoms with Crippen molar-refractivity contribution in [1.29, 1.82) is 0 Å². The van der Waals surface area contributed by atoms with E-state index < -0.39 is 0 Å². The molecule has 3 heterocycles. The largest absolute Gasteiger partial charge is 0.337 e. The molecule has 28 heavy (non-hydrogen) atoms. The molecule has 0 amide bonds. The first kappa shape index (κ1) is 18.3. The number of aromatic nitrogens is 4. The molecule has 4 aromatic rings. The lowest BCUT2D eigenvalue weighted by atomic mass is 10.1. The van der Waals surface area contributed by atoms with Crippen LogP contribution >= 0.6 is 11.3 Å². The Kier molecular flexibility index (Phi) is 5.41. The summed E-state index contributed by atoms with van der Waals surface area (Å²) in [7, 11) is 0. The van der Waals surface area contributed by atoms with Crippen molar-refractivity contribution in [3.63, 3.8) is 0 Å². The number of aryl methyl sites for hydroxylation is 1. The van der Waals surface area contributed by atoms with Crippen molar-refractivity contribution in [1.82, 2.24) is 25.4 Å². The van der Waals surface area contributed by atoms with Gasteiger partial charge in [0.25, 0.3) is 0 Å². The van der Waals surface area contributed by atoms with Crippen molar-refractivity contribution in [2.75, 3.05) is 5.32 Å². The Hall–Kier alpha value is -3.10. The van der Waals surface area contributed by atoms with Gasteiger partial charge in [0.15, 0.2) is 5.13 Å². The molecule has 0 bridgehead atoms. The SMILES string of the molecule is Cc1ccc(-c2noc([C@@H](C)NCc3cnc(Nc4cccnc4)s3)n2)cc1. The van der Waals surface area contributed by atoms with Gasteiger partial charge in [0.1, 0.15) is 0 Å². The van der Waals surface area contributed by atoms with Crippen LogP contribution in [0.2, 0.25) is 0 Å². The topological polar surface area (TPSA) is 88.8 Å². The Morgan fingerprint density at radius 3 is 2.79 bits per heavy atom. The van der Waals surface area contributed by atoms with Crippen LogP contribution in [0.15, 0.2) is 59.5 Å². The Morgan fingerprint density at radius 2 is 2.00 bits per heavy atom. The van der Waals surface area contributed by atoms with Crippen LogP contribution in [0.4, 0.5) is 10.8 Å². The third-order valence-electron chi connectivity index (χ3n) is 4.17. The molecule has 0 fully saturated rings. The molecule has 2 N–H and O–H groups in total. The van der Waals surface area contributed by atoms with Gasteiger partial charge in [0, 0.05) is 29.4 Å². The van der Waals surface area contributed by atoms with Crippen LogP contribution in [0.3, 0.4) is 0 Å². The molecule has 0 radical (unpaired) electrons. The average Bonchev–Trinajstić information content (AvgIpc) is 3.37. The molecular formula is C20H20N6OS. The summed E-state index contributed by atoms with van der Waals surface area (Å²) in [6.07, 6.45) is 5.36. The number of benzene rings is 1. The molecule has 0 saturated heterocycles. The predicted molar refractivity (Wildman–Crippen MR) is 109 cm³/mol. The summed E-state index contributed by atoms with van der Waals surface area (Å²) >= 11 is 1.59. The molecule has 0 saturated carbocycles. The Labute approximate surface area is 166 Å². The van der Waals surface area contributed by atoms with Crippen LogP contribution in [-0.2, 0) is 6.54 Å². The molecule has 0 aliphatic rings. The smallest absolute Gasteiger partial charge is 0.243 e. The maximum atomic E-state index is 5.43. The fraction of sp³-hybridized carbons (Fsp3) is 0.200. The highest BCUT2D eigenvalue weighted by atomic mass is 32.1. The standard InChI is InChI=1S/C20H20N6OS/c1-13-5-7-15(8-6-13)18-25-19(27-26-18)14(2)22-11-17-12-23-20(28-17)24-16-4-3-9-21-10-16/h3-10,12,14,22H,11H2,1-2H3,(H,23,24)/t14-/m1/s1. The van der Waals surface area contributed by atoms with Crippen LogP contribution in [0.25, 0.3) is 11.4 Å². The van der Waals surface area contributed by atoms with Crippen molar-refractivity contribution in [2.24, 2.45) is 0 Å². The summed E-state index contributed by atoms with van der Waals surface area (Å²) in [5.41, 5.74) is 3.06. The molecule has 7 nitrogen and oxygen atoms in total. The Balaban J connectivity index is 1.34. The quantitative estimate of drug-likeness (QED) is 0.479. The Bertz CT molecular complexity index is 1030. The van der Waals surface area contributed by atoms with Crippen LogP contribution < -0.4 is 10.6 Å². The van der Waals surface area contributed by atoms with E-state index in [-0.39, 0.29) is 6.04 Å². The van der Waals surface area contributed by atoms with E-state index in [4.69, 9.17) is 4.52 Å². The second kappa shape index (κ2) is 8.28. The fourth-order valence-corrected chi connectivity index (χ4v) is 3.36. The third kappa shape index (κ3) is 4.41. The second-order valence-electron chi connectivity index (χ2n) is 6.42. The number of nitrogens with one attached hydrogen (secondary N) is 2. The number of pyridine rings is 1. The van der Waals surface area contributed by atoms with Gasteiger partial charge >= 0.3 is 0 Å². The minimum absolute atomic E-state index is 0.0662. The highest BCUT2D eigenvalue weighted by molar-refractivity contribution is 7.15. The summed E-state index contributed by atoms with van der Waals surface area (Å²) in [5.74, 6) is 1.16. The third-order valence-corrected chi connectivity index (χ3v) is 5.08. The fourth-order valence-electron chi connectivity index (χ4n) is 2.58. The van der Waals surface area contributed by atoms with E-state index in [1.165, 1.54) is 5.56 Å². The summed E-state index contributed by atoms with van der Waals surface area (Å²) in [5, 5.41) is 11.6. The molecule has 0 aliphatic heterocycles. The van der Waals surface area contributed by atoms with Gasteiger partial charge < -0.3 is 15.2 Å². The maximum Gasteiger partial charge on any atom is 0.243 e. The minimum atomic E-state index is -0.0662. The first-order chi connectivity index (χ1) is 13.7. The van der Waals surface area contributed by atoms with Crippen LogP contribution in [0, 0.1) is 6.92 Å². The van der Waals surface area contributed by atoms with Crippen molar-refractivity contribution < 1.29 is 4.52 Å². The van der Waals surface area contributed by atoms with Gasteiger partial charge in [-0.15, -0.1) is 11.3 Å². The number of hydrogen-bond acceptors (Lipinski definition) is 8. The van der Waals surface area contributed by atoms with Crippen molar-refractivity contribution in [2.45, 2.75) is 26.4 Å². The molecule has 142 valence electrons. The highest BCUT2D eigenvalue weighted by Gasteiger charge is 2.15. The van der Waals surface area contributed by atoms with Crippen molar-refractivity contribution in [3.05, 3.63) is 71.3 Å². The predicted octanol–water partition coefficient (Wildman–Crippen LogP) is 4.49.